The number of Topliss-reactive ketones (excluding diaryl/α,β-unsaturated/α-hetero) is 1. The highest BCUT2D eigenvalue weighted by atomic mass is 16.3. The molecule has 0 atom stereocenters. The molecule has 1 fully saturated rings. The molecule has 1 aliphatic heterocycles. The summed E-state index contributed by atoms with van der Waals surface area (Å²) in [7, 11) is 0. The Morgan fingerprint density at radius 2 is 1.73 bits per heavy atom. The van der Waals surface area contributed by atoms with Crippen LogP contribution in [-0.2, 0) is 4.79 Å². The zero-order valence-electron chi connectivity index (χ0n) is 14.9. The zero-order valence-corrected chi connectivity index (χ0v) is 14.9. The number of amides is 1. The summed E-state index contributed by atoms with van der Waals surface area (Å²) in [6, 6.07) is 14.4. The predicted molar refractivity (Wildman–Crippen MR) is 101 cm³/mol. The van der Waals surface area contributed by atoms with E-state index in [4.69, 9.17) is 0 Å². The summed E-state index contributed by atoms with van der Waals surface area (Å²) in [5, 5.41) is 12.8. The van der Waals surface area contributed by atoms with Crippen molar-refractivity contribution in [2.24, 2.45) is 0 Å². The summed E-state index contributed by atoms with van der Waals surface area (Å²) in [6.45, 7) is 5.05. The molecule has 1 saturated heterocycles. The molecule has 0 bridgehead atoms. The molecule has 1 aliphatic rings. The first-order chi connectivity index (χ1) is 12.5. The third kappa shape index (κ3) is 4.21. The molecule has 2 aromatic rings. The zero-order chi connectivity index (χ0) is 18.5. The molecule has 0 aromatic heterocycles. The topological polar surface area (TPSA) is 74.1 Å². The van der Waals surface area contributed by atoms with Gasteiger partial charge in [0.25, 0.3) is 5.91 Å². The second-order valence-corrected chi connectivity index (χ2v) is 6.55. The van der Waals surface area contributed by atoms with E-state index in [1.54, 1.807) is 30.3 Å². The number of hydrogen-bond donors (Lipinski definition) is 3. The van der Waals surface area contributed by atoms with Gasteiger partial charge in [0.1, 0.15) is 5.75 Å². The first kappa shape index (κ1) is 17.9. The van der Waals surface area contributed by atoms with Crippen LogP contribution >= 0.6 is 0 Å². The van der Waals surface area contributed by atoms with E-state index in [2.05, 4.69) is 10.2 Å². The minimum atomic E-state index is -0.0929. The number of quaternary nitrogens is 1. The second kappa shape index (κ2) is 8.01. The Bertz CT molecular complexity index is 798. The summed E-state index contributed by atoms with van der Waals surface area (Å²) in [6.07, 6.45) is 0. The van der Waals surface area contributed by atoms with Gasteiger partial charge in [-0.3, -0.25) is 9.59 Å². The molecule has 0 radical (unpaired) electrons. The molecule has 3 N–H and O–H groups in total. The minimum absolute atomic E-state index is 0.0652. The number of rotatable bonds is 5. The summed E-state index contributed by atoms with van der Waals surface area (Å²) in [5.41, 5.74) is 1.93. The van der Waals surface area contributed by atoms with Gasteiger partial charge in [-0.25, -0.2) is 0 Å². The molecule has 0 saturated carbocycles. The molecular formula is C20H24N3O3+. The van der Waals surface area contributed by atoms with E-state index in [0.29, 0.717) is 17.8 Å². The average Bonchev–Trinajstić information content (AvgIpc) is 2.63. The van der Waals surface area contributed by atoms with Crippen LogP contribution in [0.3, 0.4) is 0 Å². The van der Waals surface area contributed by atoms with Gasteiger partial charge in [0.05, 0.1) is 37.6 Å². The van der Waals surface area contributed by atoms with Crippen molar-refractivity contribution < 1.29 is 19.6 Å². The van der Waals surface area contributed by atoms with Gasteiger partial charge in [-0.15, -0.1) is 0 Å². The highest BCUT2D eigenvalue weighted by Gasteiger charge is 2.24. The Hall–Kier alpha value is -2.86. The number of aromatic hydroxyl groups is 1. The number of hydrogen-bond acceptors (Lipinski definition) is 4. The minimum Gasteiger partial charge on any atom is -0.506 e. The van der Waals surface area contributed by atoms with Gasteiger partial charge in [-0.1, -0.05) is 24.3 Å². The fraction of sp³-hybridized carbons (Fsp3) is 0.300. The Labute approximate surface area is 153 Å². The van der Waals surface area contributed by atoms with Gasteiger partial charge in [0.2, 0.25) is 0 Å². The predicted octanol–water partition coefficient (Wildman–Crippen LogP) is 0.938. The number of piperazine rings is 1. The van der Waals surface area contributed by atoms with Crippen LogP contribution in [0.15, 0.2) is 48.5 Å². The molecule has 1 amide bonds. The molecule has 0 aliphatic carbocycles. The third-order valence-corrected chi connectivity index (χ3v) is 4.68. The maximum absolute atomic E-state index is 12.4. The lowest BCUT2D eigenvalue weighted by Crippen LogP contribution is -3.15. The molecule has 26 heavy (non-hydrogen) atoms. The molecule has 1 heterocycles. The van der Waals surface area contributed by atoms with Crippen LogP contribution in [0.1, 0.15) is 17.3 Å². The average molecular weight is 354 g/mol. The van der Waals surface area contributed by atoms with E-state index in [1.807, 2.05) is 18.2 Å². The van der Waals surface area contributed by atoms with Gasteiger partial charge in [0.15, 0.2) is 12.3 Å². The van der Waals surface area contributed by atoms with Crippen LogP contribution in [0.2, 0.25) is 0 Å². The Balaban J connectivity index is 1.54. The number of nitrogens with zero attached hydrogens (tertiary/aromatic N) is 1. The van der Waals surface area contributed by atoms with E-state index in [1.165, 1.54) is 11.8 Å². The number of phenolic OH excluding ortho intramolecular Hbond substituents is 1. The quantitative estimate of drug-likeness (QED) is 0.699. The van der Waals surface area contributed by atoms with Crippen molar-refractivity contribution in [3.63, 3.8) is 0 Å². The van der Waals surface area contributed by atoms with Crippen LogP contribution in [0.4, 0.5) is 11.4 Å². The number of ketones is 1. The highest BCUT2D eigenvalue weighted by molar-refractivity contribution is 6.03. The maximum atomic E-state index is 12.4. The summed E-state index contributed by atoms with van der Waals surface area (Å²) >= 11 is 0. The van der Waals surface area contributed by atoms with E-state index in [0.717, 1.165) is 31.9 Å². The number of nitrogens with one attached hydrogen (secondary N) is 2. The van der Waals surface area contributed by atoms with Crippen LogP contribution in [0, 0.1) is 0 Å². The molecule has 2 aromatic carbocycles. The smallest absolute Gasteiger partial charge is 0.279 e. The van der Waals surface area contributed by atoms with Crippen molar-refractivity contribution in [1.82, 2.24) is 0 Å². The number of anilines is 2. The summed E-state index contributed by atoms with van der Waals surface area (Å²) in [5.74, 6) is 0.128. The van der Waals surface area contributed by atoms with Gasteiger partial charge in [-0.05, 0) is 31.2 Å². The molecular weight excluding hydrogens is 330 g/mol. The Morgan fingerprint density at radius 1 is 1.08 bits per heavy atom. The first-order valence-corrected chi connectivity index (χ1v) is 8.81. The van der Waals surface area contributed by atoms with Crippen LogP contribution in [-0.4, -0.2) is 49.5 Å². The first-order valence-electron chi connectivity index (χ1n) is 8.81. The molecule has 3 rings (SSSR count). The fourth-order valence-electron chi connectivity index (χ4n) is 3.29. The standard InChI is InChI=1S/C20H23N3O3/c1-15(24)16-6-2-3-7-17(16)21-20(26)14-22-10-12-23(13-11-22)18-8-4-5-9-19(18)25/h2-9,25H,10-14H2,1H3,(H,21,26)/p+1. The lowest BCUT2D eigenvalue weighted by molar-refractivity contribution is -0.892. The lowest BCUT2D eigenvalue weighted by Gasteiger charge is -2.33. The Kier molecular flexibility index (Phi) is 5.53. The normalized spacial score (nSPS) is 14.9. The number of benzene rings is 2. The number of carbonyl (C=O) groups excluding carboxylic acids is 2. The van der Waals surface area contributed by atoms with E-state index in [-0.39, 0.29) is 17.4 Å². The van der Waals surface area contributed by atoms with Gasteiger partial charge in [0, 0.05) is 5.56 Å². The number of phenols is 1. The van der Waals surface area contributed by atoms with Crippen molar-refractivity contribution in [3.05, 3.63) is 54.1 Å². The van der Waals surface area contributed by atoms with Gasteiger partial charge < -0.3 is 20.2 Å². The summed E-state index contributed by atoms with van der Waals surface area (Å²) in [4.78, 5) is 27.3. The Morgan fingerprint density at radius 3 is 2.42 bits per heavy atom. The van der Waals surface area contributed by atoms with Crippen molar-refractivity contribution in [2.45, 2.75) is 6.92 Å². The van der Waals surface area contributed by atoms with E-state index >= 15 is 0 Å². The monoisotopic (exact) mass is 354 g/mol. The van der Waals surface area contributed by atoms with Gasteiger partial charge >= 0.3 is 0 Å². The SMILES string of the molecule is CC(=O)c1ccccc1NC(=O)C[NH+]1CCN(c2ccccc2O)CC1. The largest absolute Gasteiger partial charge is 0.506 e. The van der Waals surface area contributed by atoms with E-state index < -0.39 is 0 Å². The second-order valence-electron chi connectivity index (χ2n) is 6.55. The van der Waals surface area contributed by atoms with Crippen molar-refractivity contribution >= 4 is 23.1 Å². The molecule has 6 heteroatoms. The van der Waals surface area contributed by atoms with Crippen LogP contribution in [0.5, 0.6) is 5.75 Å². The third-order valence-electron chi connectivity index (χ3n) is 4.68. The number of carbonyl (C=O) groups is 2. The van der Waals surface area contributed by atoms with E-state index in [9.17, 15) is 14.7 Å². The molecule has 0 unspecified atom stereocenters. The van der Waals surface area contributed by atoms with Crippen LogP contribution in [0.25, 0.3) is 0 Å². The molecule has 6 nitrogen and oxygen atoms in total. The maximum Gasteiger partial charge on any atom is 0.279 e. The van der Waals surface area contributed by atoms with Crippen molar-refractivity contribution in [1.29, 1.82) is 0 Å². The molecule has 136 valence electrons. The van der Waals surface area contributed by atoms with Crippen LogP contribution < -0.4 is 15.1 Å². The molecule has 0 spiro atoms. The number of para-hydroxylation sites is 3. The van der Waals surface area contributed by atoms with Crippen molar-refractivity contribution in [3.8, 4) is 5.75 Å². The van der Waals surface area contributed by atoms with Crippen molar-refractivity contribution in [2.75, 3.05) is 42.9 Å². The van der Waals surface area contributed by atoms with Gasteiger partial charge in [-0.2, -0.15) is 0 Å². The fourth-order valence-corrected chi connectivity index (χ4v) is 3.29. The highest BCUT2D eigenvalue weighted by Crippen LogP contribution is 2.25. The summed E-state index contributed by atoms with van der Waals surface area (Å²) < 4.78 is 0. The lowest BCUT2D eigenvalue weighted by atomic mass is 10.1.